The van der Waals surface area contributed by atoms with Gasteiger partial charge in [0.15, 0.2) is 0 Å². The second kappa shape index (κ2) is 53.6. The van der Waals surface area contributed by atoms with Crippen molar-refractivity contribution in [3.63, 3.8) is 0 Å². The van der Waals surface area contributed by atoms with Gasteiger partial charge in [0.25, 0.3) is 53.2 Å². The molecule has 0 saturated carbocycles. The average molecular weight is 1520 g/mol. The molecule has 536 valence electrons. The predicted octanol–water partition coefficient (Wildman–Crippen LogP) is 8.47. The van der Waals surface area contributed by atoms with Crippen molar-refractivity contribution in [1.82, 2.24) is 47.9 Å². The summed E-state index contributed by atoms with van der Waals surface area (Å²) in [6, 6.07) is 13.0. The van der Waals surface area contributed by atoms with E-state index in [1.54, 1.807) is 20.8 Å². The summed E-state index contributed by atoms with van der Waals surface area (Å²) in [5.41, 5.74) is 1.89. The summed E-state index contributed by atoms with van der Waals surface area (Å²) in [6.45, 7) is 14.5. The summed E-state index contributed by atoms with van der Waals surface area (Å²) in [4.78, 5) is 180. The van der Waals surface area contributed by atoms with E-state index in [-0.39, 0.29) is 149 Å². The minimum Gasteiger partial charge on any atom is -0.355 e. The zero-order valence-electron chi connectivity index (χ0n) is 57.4. The van der Waals surface area contributed by atoms with Crippen LogP contribution >= 0.6 is 0 Å². The third-order valence-corrected chi connectivity index (χ3v) is 14.8. The van der Waals surface area contributed by atoms with Crippen molar-refractivity contribution in [1.29, 1.82) is 0 Å². The van der Waals surface area contributed by atoms with Gasteiger partial charge in [-0.05, 0) is 125 Å². The van der Waals surface area contributed by atoms with Crippen LogP contribution in [0.15, 0.2) is 54.6 Å². The molecule has 0 unspecified atom stereocenters. The monoisotopic (exact) mass is 1520 g/mol. The number of rotatable bonds is 44. The standard InChI is InChI=1S/C32H48N3O6.C27H39N3O6.C12H15N3O3.CH4.W/c1-4-28(37)16-10-7-13-19-34-31(40)26-21-25(30(39)33-18-12-6-9-15-24(3)36)22-27(23-26)32(41)35-20-14-8-11-17-29(38)5-2;1-4-22(31)10-7-13-28-25(34)19-16-20(26(35)29-14-8-11-23(32)5-2)18-21(17-19)27(36)30-15-9-12-24(33)6-3;1-13-10(16)7-4-8(11(17)14-2)6-9(5-7)12(18)15-3;;/h21-23H,3-20H2,1-2H3,(H,33,39)(H,34,40)(H,35,41);16-18H,4-15H2,1-3H3,(H,28,34)(H,29,35)(H,30,36);4-6H,1-3H3,(H,13,16)(H,14,17)(H,15,18);1H4;/q-1;;;;. The Morgan fingerprint density at radius 2 is 0.423 bits per heavy atom. The van der Waals surface area contributed by atoms with Crippen LogP contribution in [0.1, 0.15) is 283 Å². The van der Waals surface area contributed by atoms with Crippen LogP contribution in [-0.4, -0.2) is 148 Å². The van der Waals surface area contributed by atoms with Crippen molar-refractivity contribution in [2.24, 2.45) is 0 Å². The Morgan fingerprint density at radius 1 is 0.258 bits per heavy atom. The Bertz CT molecular complexity index is 2820. The molecule has 0 fully saturated rings. The minimum atomic E-state index is -0.454. The zero-order valence-corrected chi connectivity index (χ0v) is 60.4. The molecule has 0 bridgehead atoms. The molecular weight excluding hydrogens is 1410 g/mol. The predicted molar refractivity (Wildman–Crippen MR) is 370 cm³/mol. The first kappa shape index (κ1) is 90.5. The molecule has 0 radical (unpaired) electrons. The number of carbonyl (C=O) groups excluding carboxylic acids is 15. The number of nitrogens with one attached hydrogen (secondary N) is 9. The van der Waals surface area contributed by atoms with Gasteiger partial charge < -0.3 is 59.6 Å². The molecule has 0 atom stereocenters. The van der Waals surface area contributed by atoms with Gasteiger partial charge in [0.05, 0.1) is 0 Å². The van der Waals surface area contributed by atoms with E-state index in [0.29, 0.717) is 142 Å². The fourth-order valence-corrected chi connectivity index (χ4v) is 8.93. The van der Waals surface area contributed by atoms with Crippen LogP contribution in [0.5, 0.6) is 0 Å². The molecular formula is C72H106N9O15W-. The topological polar surface area (TPSA) is 364 Å². The summed E-state index contributed by atoms with van der Waals surface area (Å²) in [7, 11) is 4.44. The summed E-state index contributed by atoms with van der Waals surface area (Å²) in [5.74, 6) is -2.87. The van der Waals surface area contributed by atoms with E-state index in [1.165, 1.54) is 75.7 Å². The van der Waals surface area contributed by atoms with E-state index in [2.05, 4.69) is 54.8 Å². The van der Waals surface area contributed by atoms with Crippen LogP contribution in [0, 0.1) is 6.92 Å². The first-order chi connectivity index (χ1) is 45.4. The molecule has 3 aromatic rings. The molecule has 9 amide bonds. The van der Waals surface area contributed by atoms with Crippen LogP contribution in [0.2, 0.25) is 0 Å². The first-order valence-electron chi connectivity index (χ1n) is 33.2. The zero-order chi connectivity index (χ0) is 71.1. The second-order valence-electron chi connectivity index (χ2n) is 22.4. The van der Waals surface area contributed by atoms with Crippen LogP contribution < -0.4 is 47.9 Å². The first-order valence-corrected chi connectivity index (χ1v) is 33.2. The van der Waals surface area contributed by atoms with Crippen LogP contribution in [0.4, 0.5) is 0 Å². The van der Waals surface area contributed by atoms with Crippen molar-refractivity contribution in [2.75, 3.05) is 60.4 Å². The van der Waals surface area contributed by atoms with Crippen LogP contribution in [0.25, 0.3) is 0 Å². The maximum atomic E-state index is 12.9. The molecule has 97 heavy (non-hydrogen) atoms. The number of ketones is 6. The van der Waals surface area contributed by atoms with E-state index >= 15 is 0 Å². The van der Waals surface area contributed by atoms with Crippen LogP contribution in [0.3, 0.4) is 0 Å². The summed E-state index contributed by atoms with van der Waals surface area (Å²) >= 11 is 0. The maximum absolute atomic E-state index is 12.9. The summed E-state index contributed by atoms with van der Waals surface area (Å²) in [5, 5.41) is 24.0. The van der Waals surface area contributed by atoms with Gasteiger partial charge in [0.1, 0.15) is 28.9 Å². The molecule has 25 heteroatoms. The number of benzene rings is 3. The van der Waals surface area contributed by atoms with Crippen molar-refractivity contribution in [2.45, 2.75) is 190 Å². The largest absolute Gasteiger partial charge is 0.355 e. The molecule has 0 aliphatic rings. The molecule has 3 rings (SSSR count). The Labute approximate surface area is 587 Å². The van der Waals surface area contributed by atoms with E-state index in [4.69, 9.17) is 0 Å². The number of carbonyl (C=O) groups is 15. The fraction of sp³-hybridized carbons (Fsp3) is 0.528. The number of Topliss-reactive ketones (excluding diaryl/α,β-unsaturated/α-hetero) is 6. The number of hydrogen-bond acceptors (Lipinski definition) is 15. The minimum absolute atomic E-state index is 0. The van der Waals surface area contributed by atoms with Gasteiger partial charge in [-0.15, -0.1) is 0 Å². The normalized spacial score (nSPS) is 10.1. The van der Waals surface area contributed by atoms with Gasteiger partial charge in [-0.2, -0.15) is 0 Å². The van der Waals surface area contributed by atoms with E-state index in [0.717, 1.165) is 44.9 Å². The van der Waals surface area contributed by atoms with Gasteiger partial charge in [0.2, 0.25) is 0 Å². The summed E-state index contributed by atoms with van der Waals surface area (Å²) < 4.78 is 0. The van der Waals surface area contributed by atoms with Gasteiger partial charge in [-0.3, -0.25) is 67.1 Å². The number of hydrogen-bond donors (Lipinski definition) is 9. The molecule has 0 aliphatic carbocycles. The third-order valence-electron chi connectivity index (χ3n) is 14.8. The van der Waals surface area contributed by atoms with Gasteiger partial charge in [0, 0.05) is 196 Å². The van der Waals surface area contributed by atoms with Crippen molar-refractivity contribution < 1.29 is 93.0 Å². The Kier molecular flexibility index (Phi) is 50.0. The fourth-order valence-electron chi connectivity index (χ4n) is 8.93. The van der Waals surface area contributed by atoms with Crippen molar-refractivity contribution in [3.8, 4) is 0 Å². The molecule has 0 spiro atoms. The van der Waals surface area contributed by atoms with E-state index in [1.807, 2.05) is 13.8 Å². The third kappa shape index (κ3) is 39.3. The van der Waals surface area contributed by atoms with Crippen molar-refractivity contribution >= 4 is 87.9 Å². The maximum Gasteiger partial charge on any atom is 0.251 e. The molecule has 3 aromatic carbocycles. The van der Waals surface area contributed by atoms with E-state index < -0.39 is 17.7 Å². The quantitative estimate of drug-likeness (QED) is 0.0189. The van der Waals surface area contributed by atoms with Crippen molar-refractivity contribution in [3.05, 3.63) is 112 Å². The molecule has 9 N–H and O–H groups in total. The van der Waals surface area contributed by atoms with Gasteiger partial charge in [-0.25, -0.2) is 0 Å². The number of amides is 9. The molecule has 0 heterocycles. The Balaban J connectivity index is 0. The number of unbranched alkanes of at least 4 members (excludes halogenated alkanes) is 6. The van der Waals surface area contributed by atoms with E-state index in [9.17, 15) is 71.9 Å². The Morgan fingerprint density at radius 3 is 0.598 bits per heavy atom. The SMILES string of the molecule is C.CCC(=O)CCCNC(=O)c1cc(C(=O)NCCCC(=O)CC)cc(C(=O)NCCCC(=O)CC)c1.CNC(=O)c1cc(C(=O)NC)cc(C(=O)NC)c1.[CH2-]C(=O)CCCCCNC(=O)c1cc(C(=O)NCCCCCC(=O)CC)cc(C(=O)NCCCCCC(=O)CC)c1.[W]. The Hall–Kier alpha value is -8.53. The van der Waals surface area contributed by atoms with Gasteiger partial charge in [-0.1, -0.05) is 61.3 Å². The average Bonchev–Trinajstić information content (AvgIpc) is 0.879. The summed E-state index contributed by atoms with van der Waals surface area (Å²) in [6.07, 6.45) is 13.3. The smallest absolute Gasteiger partial charge is 0.251 e. The molecule has 0 aliphatic heterocycles. The van der Waals surface area contributed by atoms with Crippen LogP contribution in [-0.2, 0) is 49.8 Å². The molecule has 24 nitrogen and oxygen atoms in total. The molecule has 0 saturated heterocycles. The second-order valence-corrected chi connectivity index (χ2v) is 22.4. The van der Waals surface area contributed by atoms with Gasteiger partial charge >= 0.3 is 0 Å². The molecule has 0 aromatic heterocycles.